The molecule has 1 nitrogen and oxygen atoms in total. The van der Waals surface area contributed by atoms with E-state index in [0.29, 0.717) is 11.5 Å². The van der Waals surface area contributed by atoms with Crippen LogP contribution in [0.15, 0.2) is 42.5 Å². The Kier molecular flexibility index (Phi) is 3.80. The minimum atomic E-state index is 0.386. The topological polar surface area (TPSA) is 12.0 Å². The Labute approximate surface area is 122 Å². The van der Waals surface area contributed by atoms with E-state index >= 15 is 0 Å². The van der Waals surface area contributed by atoms with Gasteiger partial charge in [-0.15, -0.1) is 0 Å². The summed E-state index contributed by atoms with van der Waals surface area (Å²) in [5, 5.41) is 6.38. The maximum absolute atomic E-state index is 3.62. The summed E-state index contributed by atoms with van der Waals surface area (Å²) in [6.07, 6.45) is 6.82. The highest BCUT2D eigenvalue weighted by molar-refractivity contribution is 5.86. The summed E-state index contributed by atoms with van der Waals surface area (Å²) in [6, 6.07) is 15.9. The number of hydrogen-bond donors (Lipinski definition) is 1. The van der Waals surface area contributed by atoms with Crippen LogP contribution < -0.4 is 5.32 Å². The van der Waals surface area contributed by atoms with E-state index < -0.39 is 0 Å². The number of nitrogens with one attached hydrogen (secondary N) is 1. The number of fused-ring (bicyclic) bond motifs is 1. The van der Waals surface area contributed by atoms with Crippen molar-refractivity contribution < 1.29 is 0 Å². The first-order valence-electron chi connectivity index (χ1n) is 7.89. The zero-order valence-corrected chi connectivity index (χ0v) is 12.7. The van der Waals surface area contributed by atoms with Gasteiger partial charge in [0.25, 0.3) is 0 Å². The molecule has 1 heteroatoms. The van der Waals surface area contributed by atoms with E-state index in [1.807, 2.05) is 0 Å². The molecule has 1 aliphatic rings. The van der Waals surface area contributed by atoms with Crippen LogP contribution in [-0.2, 0) is 0 Å². The lowest BCUT2D eigenvalue weighted by molar-refractivity contribution is 0.151. The fourth-order valence-electron chi connectivity index (χ4n) is 4.03. The summed E-state index contributed by atoms with van der Waals surface area (Å²) in [6.45, 7) is 2.47. The SMILES string of the molecule is CNC(c1cccc2ccccc12)C1(C)CCCCC1. The van der Waals surface area contributed by atoms with Crippen molar-refractivity contribution >= 4 is 10.8 Å². The Morgan fingerprint density at radius 1 is 0.950 bits per heavy atom. The molecule has 0 aromatic heterocycles. The third-order valence-electron chi connectivity index (χ3n) is 5.12. The van der Waals surface area contributed by atoms with Crippen molar-refractivity contribution in [3.63, 3.8) is 0 Å². The zero-order chi connectivity index (χ0) is 14.0. The fraction of sp³-hybridized carbons (Fsp3) is 0.474. The van der Waals surface area contributed by atoms with Crippen LogP contribution in [0.4, 0.5) is 0 Å². The summed E-state index contributed by atoms with van der Waals surface area (Å²) in [5.74, 6) is 0. The molecule has 0 aliphatic heterocycles. The van der Waals surface area contributed by atoms with Gasteiger partial charge in [-0.3, -0.25) is 0 Å². The van der Waals surface area contributed by atoms with Gasteiger partial charge in [0.15, 0.2) is 0 Å². The molecule has 0 radical (unpaired) electrons. The van der Waals surface area contributed by atoms with Crippen LogP contribution >= 0.6 is 0 Å². The Balaban J connectivity index is 2.07. The first-order valence-corrected chi connectivity index (χ1v) is 7.89. The zero-order valence-electron chi connectivity index (χ0n) is 12.7. The van der Waals surface area contributed by atoms with Crippen molar-refractivity contribution in [2.45, 2.75) is 45.1 Å². The molecule has 1 aliphatic carbocycles. The molecule has 2 aromatic carbocycles. The van der Waals surface area contributed by atoms with E-state index in [1.165, 1.54) is 48.4 Å². The van der Waals surface area contributed by atoms with E-state index in [0.717, 1.165) is 0 Å². The monoisotopic (exact) mass is 267 g/mol. The highest BCUT2D eigenvalue weighted by Crippen LogP contribution is 2.46. The van der Waals surface area contributed by atoms with Gasteiger partial charge >= 0.3 is 0 Å². The summed E-state index contributed by atoms with van der Waals surface area (Å²) >= 11 is 0. The summed E-state index contributed by atoms with van der Waals surface area (Å²) in [4.78, 5) is 0. The Hall–Kier alpha value is -1.34. The lowest BCUT2D eigenvalue weighted by Gasteiger charge is -2.41. The predicted octanol–water partition coefficient (Wildman–Crippen LogP) is 5.07. The van der Waals surface area contributed by atoms with Gasteiger partial charge in [-0.2, -0.15) is 0 Å². The molecule has 1 saturated carbocycles. The van der Waals surface area contributed by atoms with Gasteiger partial charge in [0, 0.05) is 6.04 Å². The van der Waals surface area contributed by atoms with Gasteiger partial charge in [-0.1, -0.05) is 68.7 Å². The van der Waals surface area contributed by atoms with Gasteiger partial charge < -0.3 is 5.32 Å². The third kappa shape index (κ3) is 2.35. The highest BCUT2D eigenvalue weighted by atomic mass is 14.9. The van der Waals surface area contributed by atoms with Gasteiger partial charge in [-0.05, 0) is 41.6 Å². The van der Waals surface area contributed by atoms with E-state index in [-0.39, 0.29) is 0 Å². The molecule has 0 saturated heterocycles. The van der Waals surface area contributed by atoms with Gasteiger partial charge in [0.05, 0.1) is 0 Å². The van der Waals surface area contributed by atoms with Crippen molar-refractivity contribution in [2.75, 3.05) is 7.05 Å². The van der Waals surface area contributed by atoms with Gasteiger partial charge in [-0.25, -0.2) is 0 Å². The van der Waals surface area contributed by atoms with Crippen molar-refractivity contribution in [2.24, 2.45) is 5.41 Å². The maximum atomic E-state index is 3.62. The van der Waals surface area contributed by atoms with Gasteiger partial charge in [0.2, 0.25) is 0 Å². The van der Waals surface area contributed by atoms with Crippen LogP contribution in [0.25, 0.3) is 10.8 Å². The second kappa shape index (κ2) is 5.57. The fourth-order valence-corrected chi connectivity index (χ4v) is 4.03. The van der Waals surface area contributed by atoms with Crippen molar-refractivity contribution in [1.82, 2.24) is 5.32 Å². The van der Waals surface area contributed by atoms with E-state index in [2.05, 4.69) is 61.8 Å². The average molecular weight is 267 g/mol. The molecule has 1 N–H and O–H groups in total. The van der Waals surface area contributed by atoms with Crippen LogP contribution in [-0.4, -0.2) is 7.05 Å². The van der Waals surface area contributed by atoms with Crippen molar-refractivity contribution in [3.8, 4) is 0 Å². The Morgan fingerprint density at radius 2 is 1.65 bits per heavy atom. The molecule has 0 heterocycles. The van der Waals surface area contributed by atoms with Crippen LogP contribution in [0.5, 0.6) is 0 Å². The standard InChI is InChI=1S/C19H25N/c1-19(13-6-3-7-14-19)18(20-2)17-12-8-10-15-9-4-5-11-16(15)17/h4-5,8-12,18,20H,3,6-7,13-14H2,1-2H3. The molecule has 1 fully saturated rings. The van der Waals surface area contributed by atoms with Crippen LogP contribution in [0.3, 0.4) is 0 Å². The minimum absolute atomic E-state index is 0.386. The van der Waals surface area contributed by atoms with Crippen LogP contribution in [0, 0.1) is 5.41 Å². The van der Waals surface area contributed by atoms with E-state index in [9.17, 15) is 0 Å². The molecule has 20 heavy (non-hydrogen) atoms. The molecule has 3 rings (SSSR count). The van der Waals surface area contributed by atoms with Crippen molar-refractivity contribution in [3.05, 3.63) is 48.0 Å². The van der Waals surface area contributed by atoms with E-state index in [4.69, 9.17) is 0 Å². The van der Waals surface area contributed by atoms with Gasteiger partial charge in [0.1, 0.15) is 0 Å². The normalized spacial score (nSPS) is 19.9. The first-order chi connectivity index (χ1) is 9.74. The molecule has 1 atom stereocenters. The van der Waals surface area contributed by atoms with Crippen molar-refractivity contribution in [1.29, 1.82) is 0 Å². The number of benzene rings is 2. The molecule has 0 bridgehead atoms. The molecular formula is C19H25N. The number of hydrogen-bond acceptors (Lipinski definition) is 1. The molecule has 0 spiro atoms. The second-order valence-corrected chi connectivity index (χ2v) is 6.50. The summed E-state index contributed by atoms with van der Waals surface area (Å²) in [5.41, 5.74) is 1.85. The maximum Gasteiger partial charge on any atom is 0.0378 e. The quantitative estimate of drug-likeness (QED) is 0.818. The molecule has 2 aromatic rings. The Morgan fingerprint density at radius 3 is 2.40 bits per heavy atom. The van der Waals surface area contributed by atoms with Crippen LogP contribution in [0.1, 0.15) is 50.6 Å². The third-order valence-corrected chi connectivity index (χ3v) is 5.12. The Bertz CT molecular complexity index is 576. The molecule has 106 valence electrons. The summed E-state index contributed by atoms with van der Waals surface area (Å²) < 4.78 is 0. The second-order valence-electron chi connectivity index (χ2n) is 6.50. The summed E-state index contributed by atoms with van der Waals surface area (Å²) in [7, 11) is 2.12. The number of rotatable bonds is 3. The highest BCUT2D eigenvalue weighted by Gasteiger charge is 2.36. The molecular weight excluding hydrogens is 242 g/mol. The largest absolute Gasteiger partial charge is 0.313 e. The lowest BCUT2D eigenvalue weighted by atomic mass is 9.68. The first kappa shape index (κ1) is 13.6. The smallest absolute Gasteiger partial charge is 0.0378 e. The minimum Gasteiger partial charge on any atom is -0.313 e. The predicted molar refractivity (Wildman–Crippen MR) is 86.9 cm³/mol. The lowest BCUT2D eigenvalue weighted by Crippen LogP contribution is -2.36. The van der Waals surface area contributed by atoms with E-state index in [1.54, 1.807) is 0 Å². The average Bonchev–Trinajstić information content (AvgIpc) is 2.49. The molecule has 0 amide bonds. The molecule has 1 unspecified atom stereocenters. The van der Waals surface area contributed by atoms with Crippen LogP contribution in [0.2, 0.25) is 0 Å².